The maximum absolute atomic E-state index is 11.8. The zero-order valence-electron chi connectivity index (χ0n) is 8.91. The van der Waals surface area contributed by atoms with E-state index < -0.39 is 0 Å². The minimum Gasteiger partial charge on any atom is -0.440 e. The molecule has 3 N–H and O–H groups in total. The molecule has 0 aromatic carbocycles. The summed E-state index contributed by atoms with van der Waals surface area (Å²) in [4.78, 5) is 11.8. The predicted molar refractivity (Wildman–Crippen MR) is 61.4 cm³/mol. The Balaban J connectivity index is 1.96. The molecule has 0 bridgehead atoms. The Morgan fingerprint density at radius 2 is 2.19 bits per heavy atom. The number of nitrogens with one attached hydrogen (secondary N) is 1. The molecule has 88 valence electrons. The van der Waals surface area contributed by atoms with Gasteiger partial charge in [-0.25, -0.2) is 0 Å². The van der Waals surface area contributed by atoms with Crippen LogP contribution in [0.2, 0.25) is 5.22 Å². The van der Waals surface area contributed by atoms with Gasteiger partial charge in [0.05, 0.1) is 0 Å². The van der Waals surface area contributed by atoms with E-state index in [-0.39, 0.29) is 29.0 Å². The van der Waals surface area contributed by atoms with Gasteiger partial charge < -0.3 is 15.5 Å². The molecule has 1 aromatic rings. The minimum absolute atomic E-state index is 0.0446. The number of furan rings is 1. The zero-order chi connectivity index (χ0) is 11.5. The first-order valence-corrected chi connectivity index (χ1v) is 5.86. The van der Waals surface area contributed by atoms with Crippen LogP contribution in [-0.4, -0.2) is 18.0 Å². The lowest BCUT2D eigenvalue weighted by molar-refractivity contribution is 0.0893. The lowest BCUT2D eigenvalue weighted by Crippen LogP contribution is -2.49. The van der Waals surface area contributed by atoms with E-state index in [2.05, 4.69) is 5.32 Å². The summed E-state index contributed by atoms with van der Waals surface area (Å²) in [5, 5.41) is 3.10. The highest BCUT2D eigenvalue weighted by molar-refractivity contribution is 6.29. The van der Waals surface area contributed by atoms with Gasteiger partial charge in [0, 0.05) is 12.1 Å². The first-order chi connectivity index (χ1) is 7.66. The van der Waals surface area contributed by atoms with E-state index in [1.165, 1.54) is 0 Å². The van der Waals surface area contributed by atoms with E-state index in [1.54, 1.807) is 12.1 Å². The summed E-state index contributed by atoms with van der Waals surface area (Å²) in [5.41, 5.74) is 5.94. The van der Waals surface area contributed by atoms with Crippen molar-refractivity contribution < 1.29 is 9.21 Å². The Morgan fingerprint density at radius 1 is 1.44 bits per heavy atom. The normalized spacial score (nSPS) is 25.4. The molecule has 0 radical (unpaired) electrons. The van der Waals surface area contributed by atoms with Crippen LogP contribution in [0.3, 0.4) is 0 Å². The topological polar surface area (TPSA) is 68.3 Å². The Hall–Kier alpha value is -1.00. The van der Waals surface area contributed by atoms with Crippen molar-refractivity contribution in [3.8, 4) is 0 Å². The van der Waals surface area contributed by atoms with Crippen LogP contribution in [0.5, 0.6) is 0 Å². The van der Waals surface area contributed by atoms with Crippen LogP contribution >= 0.6 is 11.6 Å². The fourth-order valence-electron chi connectivity index (χ4n) is 2.01. The van der Waals surface area contributed by atoms with Crippen molar-refractivity contribution in [3.63, 3.8) is 0 Å². The van der Waals surface area contributed by atoms with Gasteiger partial charge in [-0.1, -0.05) is 12.8 Å². The van der Waals surface area contributed by atoms with Crippen molar-refractivity contribution in [1.29, 1.82) is 0 Å². The third-order valence-electron chi connectivity index (χ3n) is 2.93. The maximum atomic E-state index is 11.8. The highest BCUT2D eigenvalue weighted by atomic mass is 35.5. The van der Waals surface area contributed by atoms with Crippen molar-refractivity contribution in [3.05, 3.63) is 23.1 Å². The van der Waals surface area contributed by atoms with Gasteiger partial charge in [0.25, 0.3) is 5.91 Å². The average molecular weight is 243 g/mol. The molecular weight excluding hydrogens is 228 g/mol. The number of carbonyl (C=O) groups is 1. The molecule has 1 heterocycles. The van der Waals surface area contributed by atoms with E-state index in [9.17, 15) is 4.79 Å². The van der Waals surface area contributed by atoms with Crippen molar-refractivity contribution in [2.24, 2.45) is 5.73 Å². The number of halogens is 1. The zero-order valence-corrected chi connectivity index (χ0v) is 9.67. The molecular formula is C11H15ClN2O2. The van der Waals surface area contributed by atoms with Crippen LogP contribution in [-0.2, 0) is 0 Å². The number of nitrogens with two attached hydrogens (primary N) is 1. The van der Waals surface area contributed by atoms with Gasteiger partial charge in [0.15, 0.2) is 11.0 Å². The number of hydrogen-bond acceptors (Lipinski definition) is 3. The molecule has 0 spiro atoms. The van der Waals surface area contributed by atoms with E-state index in [1.807, 2.05) is 0 Å². The number of amides is 1. The van der Waals surface area contributed by atoms with Crippen LogP contribution in [0.15, 0.2) is 16.5 Å². The molecule has 1 saturated carbocycles. The maximum Gasteiger partial charge on any atom is 0.287 e. The molecule has 0 aliphatic heterocycles. The predicted octanol–water partition coefficient (Wildman–Crippen LogP) is 1.93. The van der Waals surface area contributed by atoms with E-state index >= 15 is 0 Å². The van der Waals surface area contributed by atoms with Crippen LogP contribution in [0.25, 0.3) is 0 Å². The fraction of sp³-hybridized carbons (Fsp3) is 0.545. The summed E-state index contributed by atoms with van der Waals surface area (Å²) in [7, 11) is 0. The Bertz CT molecular complexity index is 378. The average Bonchev–Trinajstić information content (AvgIpc) is 2.68. The highest BCUT2D eigenvalue weighted by Crippen LogP contribution is 2.18. The second-order valence-electron chi connectivity index (χ2n) is 4.13. The second-order valence-corrected chi connectivity index (χ2v) is 4.50. The SMILES string of the molecule is NC1CCCCC1NC(=O)c1ccc(Cl)o1. The molecule has 1 aliphatic carbocycles. The first-order valence-electron chi connectivity index (χ1n) is 5.48. The van der Waals surface area contributed by atoms with E-state index in [0.29, 0.717) is 0 Å². The summed E-state index contributed by atoms with van der Waals surface area (Å²) >= 11 is 5.60. The van der Waals surface area contributed by atoms with E-state index in [4.69, 9.17) is 21.8 Å². The van der Waals surface area contributed by atoms with Crippen LogP contribution in [0.4, 0.5) is 0 Å². The summed E-state index contributed by atoms with van der Waals surface area (Å²) in [6.45, 7) is 0. The molecule has 0 saturated heterocycles. The molecule has 1 amide bonds. The third kappa shape index (κ3) is 2.57. The second kappa shape index (κ2) is 4.89. The Kier molecular flexibility index (Phi) is 3.51. The largest absolute Gasteiger partial charge is 0.440 e. The van der Waals surface area contributed by atoms with Gasteiger partial charge in [-0.15, -0.1) is 0 Å². The highest BCUT2D eigenvalue weighted by Gasteiger charge is 2.24. The molecule has 1 aromatic heterocycles. The smallest absolute Gasteiger partial charge is 0.287 e. The molecule has 5 heteroatoms. The first kappa shape index (κ1) is 11.5. The molecule has 2 atom stereocenters. The molecule has 2 rings (SSSR count). The molecule has 4 nitrogen and oxygen atoms in total. The number of hydrogen-bond donors (Lipinski definition) is 2. The van der Waals surface area contributed by atoms with Crippen molar-refractivity contribution >= 4 is 17.5 Å². The summed E-state index contributed by atoms with van der Waals surface area (Å²) in [5.74, 6) is -0.00276. The number of carbonyl (C=O) groups excluding carboxylic acids is 1. The fourth-order valence-corrected chi connectivity index (χ4v) is 2.16. The Labute approximate surface area is 99.1 Å². The third-order valence-corrected chi connectivity index (χ3v) is 3.14. The van der Waals surface area contributed by atoms with Crippen LogP contribution in [0.1, 0.15) is 36.2 Å². The lowest BCUT2D eigenvalue weighted by atomic mass is 9.91. The van der Waals surface area contributed by atoms with Gasteiger partial charge in [-0.2, -0.15) is 0 Å². The van der Waals surface area contributed by atoms with Crippen LogP contribution < -0.4 is 11.1 Å². The standard InChI is InChI=1S/C11H15ClN2O2/c12-10-6-5-9(16-10)11(15)14-8-4-2-1-3-7(8)13/h5-8H,1-4,13H2,(H,14,15). The minimum atomic E-state index is -0.241. The summed E-state index contributed by atoms with van der Waals surface area (Å²) in [6.07, 6.45) is 4.14. The molecule has 2 unspecified atom stereocenters. The van der Waals surface area contributed by atoms with Gasteiger partial charge in [0.1, 0.15) is 0 Å². The van der Waals surface area contributed by atoms with Gasteiger partial charge in [-0.05, 0) is 36.6 Å². The van der Waals surface area contributed by atoms with Crippen molar-refractivity contribution in [2.75, 3.05) is 0 Å². The molecule has 16 heavy (non-hydrogen) atoms. The summed E-state index contributed by atoms with van der Waals surface area (Å²) < 4.78 is 5.03. The van der Waals surface area contributed by atoms with Crippen molar-refractivity contribution in [1.82, 2.24) is 5.32 Å². The Morgan fingerprint density at radius 3 is 2.81 bits per heavy atom. The number of rotatable bonds is 2. The molecule has 1 fully saturated rings. The lowest BCUT2D eigenvalue weighted by Gasteiger charge is -2.28. The van der Waals surface area contributed by atoms with Gasteiger partial charge in [0.2, 0.25) is 0 Å². The van der Waals surface area contributed by atoms with Gasteiger partial charge >= 0.3 is 0 Å². The quantitative estimate of drug-likeness (QED) is 0.833. The monoisotopic (exact) mass is 242 g/mol. The van der Waals surface area contributed by atoms with Crippen molar-refractivity contribution in [2.45, 2.75) is 37.8 Å². The summed E-state index contributed by atoms with van der Waals surface area (Å²) in [6, 6.07) is 3.21. The molecule has 1 aliphatic rings. The van der Waals surface area contributed by atoms with E-state index in [0.717, 1.165) is 25.7 Å². The van der Waals surface area contributed by atoms with Gasteiger partial charge in [-0.3, -0.25) is 4.79 Å². The van der Waals surface area contributed by atoms with Crippen LogP contribution in [0, 0.1) is 0 Å².